The summed E-state index contributed by atoms with van der Waals surface area (Å²) in [5.74, 6) is 0.596. The minimum Gasteiger partial charge on any atom is -0.379 e. The van der Waals surface area contributed by atoms with Crippen LogP contribution in [0.25, 0.3) is 0 Å². The molecule has 0 aromatic rings. The molecule has 1 saturated heterocycles. The Morgan fingerprint density at radius 3 is 2.56 bits per heavy atom. The second-order valence-corrected chi connectivity index (χ2v) is 4.83. The predicted molar refractivity (Wildman–Crippen MR) is 69.3 cm³/mol. The van der Waals surface area contributed by atoms with Crippen molar-refractivity contribution in [1.82, 2.24) is 9.80 Å². The van der Waals surface area contributed by atoms with Gasteiger partial charge in [0.05, 0.1) is 13.2 Å². The molecule has 0 N–H and O–H groups in total. The summed E-state index contributed by atoms with van der Waals surface area (Å²) in [6.45, 7) is 8.41. The van der Waals surface area contributed by atoms with Gasteiger partial charge in [-0.3, -0.25) is 0 Å². The van der Waals surface area contributed by atoms with Crippen molar-refractivity contribution in [2.24, 2.45) is 0 Å². The van der Waals surface area contributed by atoms with E-state index < -0.39 is 0 Å². The van der Waals surface area contributed by atoms with Crippen LogP contribution in [0, 0.1) is 0 Å². The number of alkyl halides is 1. The van der Waals surface area contributed by atoms with Gasteiger partial charge in [-0.25, -0.2) is 0 Å². The molecular formula is C12H25ClN2O. The second kappa shape index (κ2) is 8.29. The Morgan fingerprint density at radius 2 is 2.00 bits per heavy atom. The van der Waals surface area contributed by atoms with Gasteiger partial charge in [0.15, 0.2) is 0 Å². The molecule has 3 nitrogen and oxygen atoms in total. The number of likely N-dealkylation sites (N-methyl/N-ethyl adjacent to an activating group) is 1. The Bertz CT molecular complexity index is 172. The van der Waals surface area contributed by atoms with Crippen molar-refractivity contribution in [3.8, 4) is 0 Å². The monoisotopic (exact) mass is 248 g/mol. The molecule has 0 aromatic heterocycles. The first-order valence-electron chi connectivity index (χ1n) is 6.34. The zero-order valence-electron chi connectivity index (χ0n) is 10.6. The van der Waals surface area contributed by atoms with Crippen molar-refractivity contribution in [2.75, 3.05) is 52.3 Å². The summed E-state index contributed by atoms with van der Waals surface area (Å²) < 4.78 is 5.40. The van der Waals surface area contributed by atoms with Gasteiger partial charge in [0.2, 0.25) is 0 Å². The summed E-state index contributed by atoms with van der Waals surface area (Å²) >= 11 is 5.55. The first-order chi connectivity index (χ1) is 7.77. The van der Waals surface area contributed by atoms with Crippen LogP contribution in [0.5, 0.6) is 0 Å². The fourth-order valence-electron chi connectivity index (χ4n) is 2.22. The van der Waals surface area contributed by atoms with Gasteiger partial charge in [-0.2, -0.15) is 0 Å². The van der Waals surface area contributed by atoms with Crippen LogP contribution in [0.4, 0.5) is 0 Å². The van der Waals surface area contributed by atoms with E-state index in [2.05, 4.69) is 23.8 Å². The average molecular weight is 249 g/mol. The molecule has 96 valence electrons. The maximum Gasteiger partial charge on any atom is 0.0602 e. The molecule has 0 amide bonds. The topological polar surface area (TPSA) is 15.7 Å². The molecule has 1 fully saturated rings. The third kappa shape index (κ3) is 5.00. The van der Waals surface area contributed by atoms with E-state index in [0.29, 0.717) is 12.5 Å². The van der Waals surface area contributed by atoms with Crippen LogP contribution >= 0.6 is 11.6 Å². The third-order valence-corrected chi connectivity index (χ3v) is 3.59. The van der Waals surface area contributed by atoms with Crippen LogP contribution in [0.15, 0.2) is 0 Å². The Labute approximate surface area is 105 Å². The molecule has 0 atom stereocenters. The predicted octanol–water partition coefficient (Wildman–Crippen LogP) is 1.66. The molecule has 0 unspecified atom stereocenters. The maximum absolute atomic E-state index is 5.55. The lowest BCUT2D eigenvalue weighted by Crippen LogP contribution is -2.44. The van der Waals surface area contributed by atoms with E-state index in [0.717, 1.165) is 19.2 Å². The summed E-state index contributed by atoms with van der Waals surface area (Å²) in [6.07, 6.45) is 2.58. The number of hydrogen-bond acceptors (Lipinski definition) is 3. The maximum atomic E-state index is 5.55. The first-order valence-corrected chi connectivity index (χ1v) is 6.87. The molecule has 1 heterocycles. The highest BCUT2D eigenvalue weighted by Gasteiger charge is 2.20. The second-order valence-electron chi connectivity index (χ2n) is 4.45. The number of halogens is 1. The van der Waals surface area contributed by atoms with Crippen LogP contribution in [-0.4, -0.2) is 68.2 Å². The fourth-order valence-corrected chi connectivity index (χ4v) is 2.33. The van der Waals surface area contributed by atoms with Gasteiger partial charge in [0, 0.05) is 18.5 Å². The van der Waals surface area contributed by atoms with Crippen LogP contribution in [0.3, 0.4) is 0 Å². The smallest absolute Gasteiger partial charge is 0.0602 e. The Kier molecular flexibility index (Phi) is 7.37. The van der Waals surface area contributed by atoms with Gasteiger partial charge in [-0.1, -0.05) is 6.92 Å². The van der Waals surface area contributed by atoms with Crippen molar-refractivity contribution in [1.29, 1.82) is 0 Å². The lowest BCUT2D eigenvalue weighted by atomic mass is 10.0. The van der Waals surface area contributed by atoms with E-state index in [9.17, 15) is 0 Å². The molecule has 0 saturated carbocycles. The number of likely N-dealkylation sites (tertiary alicyclic amines) is 1. The van der Waals surface area contributed by atoms with Crippen molar-refractivity contribution >= 4 is 11.6 Å². The van der Waals surface area contributed by atoms with Gasteiger partial charge < -0.3 is 14.5 Å². The lowest BCUT2D eigenvalue weighted by molar-refractivity contribution is 0.0834. The minimum absolute atomic E-state index is 0.596. The summed E-state index contributed by atoms with van der Waals surface area (Å²) in [4.78, 5) is 4.95. The minimum atomic E-state index is 0.596. The van der Waals surface area contributed by atoms with Gasteiger partial charge in [-0.15, -0.1) is 11.6 Å². The summed E-state index contributed by atoms with van der Waals surface area (Å²) in [6, 6.07) is 0.738. The van der Waals surface area contributed by atoms with Crippen LogP contribution in [-0.2, 0) is 4.74 Å². The Hall–Kier alpha value is 0.170. The summed E-state index contributed by atoms with van der Waals surface area (Å²) in [5.41, 5.74) is 0. The van der Waals surface area contributed by atoms with Crippen molar-refractivity contribution in [3.05, 3.63) is 0 Å². The number of hydrogen-bond donors (Lipinski definition) is 0. The van der Waals surface area contributed by atoms with Crippen molar-refractivity contribution in [2.45, 2.75) is 25.8 Å². The molecule has 1 rings (SSSR count). The number of nitrogens with zero attached hydrogens (tertiary/aromatic N) is 2. The van der Waals surface area contributed by atoms with Crippen molar-refractivity contribution < 1.29 is 4.74 Å². The number of ether oxygens (including phenoxy) is 1. The van der Waals surface area contributed by atoms with Gasteiger partial charge >= 0.3 is 0 Å². The normalized spacial score (nSPS) is 19.5. The van der Waals surface area contributed by atoms with Crippen LogP contribution < -0.4 is 0 Å². The Balaban J connectivity index is 2.10. The average Bonchev–Trinajstić information content (AvgIpc) is 2.34. The molecule has 0 bridgehead atoms. The number of piperidine rings is 1. The molecule has 0 radical (unpaired) electrons. The highest BCUT2D eigenvalue weighted by Crippen LogP contribution is 2.14. The largest absolute Gasteiger partial charge is 0.379 e. The first kappa shape index (κ1) is 14.2. The highest BCUT2D eigenvalue weighted by atomic mass is 35.5. The van der Waals surface area contributed by atoms with E-state index in [4.69, 9.17) is 16.3 Å². The summed E-state index contributed by atoms with van der Waals surface area (Å²) in [7, 11) is 2.20. The zero-order chi connectivity index (χ0) is 11.8. The van der Waals surface area contributed by atoms with Crippen molar-refractivity contribution in [3.63, 3.8) is 0 Å². The third-order valence-electron chi connectivity index (χ3n) is 3.44. The van der Waals surface area contributed by atoms with Crippen LogP contribution in [0.1, 0.15) is 19.8 Å². The molecule has 1 aliphatic heterocycles. The molecule has 4 heteroatoms. The summed E-state index contributed by atoms with van der Waals surface area (Å²) in [5, 5.41) is 0. The SMILES string of the molecule is CCN1CCC(N(C)CCOCCCl)CC1. The van der Waals surface area contributed by atoms with E-state index in [1.807, 2.05) is 0 Å². The highest BCUT2D eigenvalue weighted by molar-refractivity contribution is 6.17. The Morgan fingerprint density at radius 1 is 1.31 bits per heavy atom. The standard InChI is InChI=1S/C12H25ClN2O/c1-3-15-7-4-12(5-8-15)14(2)9-11-16-10-6-13/h12H,3-11H2,1-2H3. The van der Waals surface area contributed by atoms with Gasteiger partial charge in [0.1, 0.15) is 0 Å². The van der Waals surface area contributed by atoms with E-state index in [-0.39, 0.29) is 0 Å². The fraction of sp³-hybridized carbons (Fsp3) is 1.00. The van der Waals surface area contributed by atoms with Gasteiger partial charge in [-0.05, 0) is 39.5 Å². The molecule has 0 aliphatic carbocycles. The molecule has 0 spiro atoms. The van der Waals surface area contributed by atoms with Crippen LogP contribution in [0.2, 0.25) is 0 Å². The van der Waals surface area contributed by atoms with E-state index >= 15 is 0 Å². The van der Waals surface area contributed by atoms with E-state index in [1.54, 1.807) is 0 Å². The molecule has 0 aromatic carbocycles. The van der Waals surface area contributed by atoms with E-state index in [1.165, 1.54) is 32.5 Å². The molecule has 16 heavy (non-hydrogen) atoms. The number of rotatable bonds is 7. The molecule has 1 aliphatic rings. The quantitative estimate of drug-likeness (QED) is 0.504. The zero-order valence-corrected chi connectivity index (χ0v) is 11.4. The van der Waals surface area contributed by atoms with Gasteiger partial charge in [0.25, 0.3) is 0 Å². The lowest BCUT2D eigenvalue weighted by Gasteiger charge is -2.36. The molecular weight excluding hydrogens is 224 g/mol.